The molecule has 0 rings (SSSR count). The highest BCUT2D eigenvalue weighted by molar-refractivity contribution is 7.86. The molecule has 0 heterocycles. The Balaban J connectivity index is 3.74. The second-order valence-electron chi connectivity index (χ2n) is 2.71. The van der Waals surface area contributed by atoms with Crippen molar-refractivity contribution >= 4 is 16.0 Å². The summed E-state index contributed by atoms with van der Waals surface area (Å²) in [6.45, 7) is 3.16. The fourth-order valence-electron chi connectivity index (χ4n) is 0.693. The van der Waals surface area contributed by atoms with E-state index in [1.165, 1.54) is 6.92 Å². The zero-order valence-corrected chi connectivity index (χ0v) is 8.69. The molecule has 0 aromatic carbocycles. The molecule has 0 unspecified atom stereocenters. The lowest BCUT2D eigenvalue weighted by atomic mass is 10.3. The average molecular weight is 209 g/mol. The van der Waals surface area contributed by atoms with Gasteiger partial charge in [-0.15, -0.1) is 4.28 Å². The lowest BCUT2D eigenvalue weighted by Crippen LogP contribution is -2.26. The van der Waals surface area contributed by atoms with Gasteiger partial charge in [0.1, 0.15) is 0 Å². The van der Waals surface area contributed by atoms with Gasteiger partial charge in [-0.2, -0.15) is 8.42 Å². The van der Waals surface area contributed by atoms with Gasteiger partial charge in [-0.1, -0.05) is 19.8 Å². The minimum atomic E-state index is -3.58. The highest BCUT2D eigenvalue weighted by Gasteiger charge is 2.11. The van der Waals surface area contributed by atoms with Gasteiger partial charge in [-0.05, 0) is 6.42 Å². The molecule has 1 amide bonds. The molecular weight excluding hydrogens is 194 g/mol. The Morgan fingerprint density at radius 2 is 2.00 bits per heavy atom. The van der Waals surface area contributed by atoms with Crippen LogP contribution in [0.5, 0.6) is 0 Å². The van der Waals surface area contributed by atoms with E-state index in [0.29, 0.717) is 6.42 Å². The van der Waals surface area contributed by atoms with Gasteiger partial charge in [0.05, 0.1) is 5.75 Å². The van der Waals surface area contributed by atoms with E-state index in [2.05, 4.69) is 4.28 Å². The van der Waals surface area contributed by atoms with Crippen molar-refractivity contribution in [3.05, 3.63) is 0 Å². The van der Waals surface area contributed by atoms with Crippen molar-refractivity contribution in [1.82, 2.24) is 5.48 Å². The Kier molecular flexibility index (Phi) is 5.65. The molecule has 0 radical (unpaired) electrons. The van der Waals surface area contributed by atoms with Crippen molar-refractivity contribution in [2.45, 2.75) is 33.1 Å². The van der Waals surface area contributed by atoms with Gasteiger partial charge in [0.2, 0.25) is 5.91 Å². The van der Waals surface area contributed by atoms with E-state index in [-0.39, 0.29) is 5.75 Å². The quantitative estimate of drug-likeness (QED) is 0.513. The van der Waals surface area contributed by atoms with Crippen LogP contribution >= 0.6 is 0 Å². The average Bonchev–Trinajstić information content (AvgIpc) is 2.02. The molecule has 5 nitrogen and oxygen atoms in total. The van der Waals surface area contributed by atoms with Crippen molar-refractivity contribution in [1.29, 1.82) is 0 Å². The third-order valence-corrected chi connectivity index (χ3v) is 2.44. The van der Waals surface area contributed by atoms with E-state index in [4.69, 9.17) is 0 Å². The fraction of sp³-hybridized carbons (Fsp3) is 0.857. The Morgan fingerprint density at radius 3 is 2.46 bits per heavy atom. The number of hydroxylamine groups is 1. The Bertz CT molecular complexity index is 247. The monoisotopic (exact) mass is 209 g/mol. The third kappa shape index (κ3) is 7.73. The van der Waals surface area contributed by atoms with Gasteiger partial charge in [-0.25, -0.2) is 5.48 Å². The molecule has 6 heteroatoms. The van der Waals surface area contributed by atoms with Crippen molar-refractivity contribution < 1.29 is 17.5 Å². The molecule has 0 bridgehead atoms. The van der Waals surface area contributed by atoms with Crippen LogP contribution in [-0.4, -0.2) is 20.1 Å². The van der Waals surface area contributed by atoms with E-state index >= 15 is 0 Å². The van der Waals surface area contributed by atoms with E-state index in [9.17, 15) is 13.2 Å². The minimum Gasteiger partial charge on any atom is -0.273 e. The molecule has 78 valence electrons. The first-order chi connectivity index (χ1) is 5.98. The maximum absolute atomic E-state index is 11.0. The van der Waals surface area contributed by atoms with Crippen LogP contribution < -0.4 is 5.48 Å². The molecule has 0 aromatic heterocycles. The molecule has 0 saturated heterocycles. The Labute approximate surface area is 78.5 Å². The van der Waals surface area contributed by atoms with E-state index < -0.39 is 16.0 Å². The molecule has 0 fully saturated rings. The van der Waals surface area contributed by atoms with Crippen molar-refractivity contribution in [3.63, 3.8) is 0 Å². The van der Waals surface area contributed by atoms with Crippen LogP contribution in [-0.2, 0) is 19.2 Å². The third-order valence-electron chi connectivity index (χ3n) is 1.31. The predicted molar refractivity (Wildman–Crippen MR) is 48.2 cm³/mol. The zero-order valence-electron chi connectivity index (χ0n) is 7.87. The summed E-state index contributed by atoms with van der Waals surface area (Å²) >= 11 is 0. The van der Waals surface area contributed by atoms with Crippen LogP contribution in [0.1, 0.15) is 33.1 Å². The number of unbranched alkanes of at least 4 members (excludes halogenated alkanes) is 2. The maximum Gasteiger partial charge on any atom is 0.287 e. The van der Waals surface area contributed by atoms with Gasteiger partial charge in [-0.3, -0.25) is 4.79 Å². The number of hydrogen-bond donors (Lipinski definition) is 1. The first kappa shape index (κ1) is 12.4. The summed E-state index contributed by atoms with van der Waals surface area (Å²) in [6.07, 6.45) is 2.33. The van der Waals surface area contributed by atoms with Gasteiger partial charge >= 0.3 is 0 Å². The lowest BCUT2D eigenvalue weighted by Gasteiger charge is -2.03. The van der Waals surface area contributed by atoms with Crippen LogP contribution in [0, 0.1) is 0 Å². The number of amides is 1. The summed E-state index contributed by atoms with van der Waals surface area (Å²) in [4.78, 5) is 10.3. The Hall–Kier alpha value is -0.620. The van der Waals surface area contributed by atoms with Crippen LogP contribution in [0.4, 0.5) is 0 Å². The maximum atomic E-state index is 11.0. The summed E-state index contributed by atoms with van der Waals surface area (Å²) in [5, 5.41) is 0. The van der Waals surface area contributed by atoms with Crippen LogP contribution in [0.15, 0.2) is 0 Å². The van der Waals surface area contributed by atoms with E-state index in [1.54, 1.807) is 5.48 Å². The standard InChI is InChI=1S/C7H15NO4S/c1-3-4-5-6-13(10,11)12-8-7(2)9/h3-6H2,1-2H3,(H,8,9). The van der Waals surface area contributed by atoms with Crippen molar-refractivity contribution in [2.24, 2.45) is 0 Å². The molecule has 0 saturated carbocycles. The Morgan fingerprint density at radius 1 is 1.38 bits per heavy atom. The SMILES string of the molecule is CCCCCS(=O)(=O)ONC(C)=O. The van der Waals surface area contributed by atoms with Gasteiger partial charge in [0.15, 0.2) is 0 Å². The summed E-state index contributed by atoms with van der Waals surface area (Å²) in [5.41, 5.74) is 1.79. The summed E-state index contributed by atoms with van der Waals surface area (Å²) in [5.74, 6) is -0.583. The first-order valence-electron chi connectivity index (χ1n) is 4.15. The number of carbonyl (C=O) groups is 1. The largest absolute Gasteiger partial charge is 0.287 e. The number of rotatable bonds is 6. The second kappa shape index (κ2) is 5.93. The first-order valence-corrected chi connectivity index (χ1v) is 5.73. The molecule has 0 aliphatic rings. The van der Waals surface area contributed by atoms with E-state index in [0.717, 1.165) is 12.8 Å². The fourth-order valence-corrected chi connectivity index (χ4v) is 1.58. The number of carbonyl (C=O) groups excluding carboxylic acids is 1. The van der Waals surface area contributed by atoms with Crippen molar-refractivity contribution in [2.75, 3.05) is 5.75 Å². The molecule has 0 spiro atoms. The molecule has 1 N–H and O–H groups in total. The van der Waals surface area contributed by atoms with Crippen LogP contribution in [0.25, 0.3) is 0 Å². The highest BCUT2D eigenvalue weighted by atomic mass is 32.2. The summed E-state index contributed by atoms with van der Waals surface area (Å²) in [6, 6.07) is 0. The van der Waals surface area contributed by atoms with Crippen LogP contribution in [0.3, 0.4) is 0 Å². The topological polar surface area (TPSA) is 72.5 Å². The molecule has 0 aromatic rings. The molecule has 13 heavy (non-hydrogen) atoms. The van der Waals surface area contributed by atoms with Gasteiger partial charge in [0.25, 0.3) is 10.1 Å². The number of hydrogen-bond acceptors (Lipinski definition) is 4. The highest BCUT2D eigenvalue weighted by Crippen LogP contribution is 1.99. The minimum absolute atomic E-state index is 0.0544. The molecule has 0 aliphatic carbocycles. The van der Waals surface area contributed by atoms with Crippen LogP contribution in [0.2, 0.25) is 0 Å². The predicted octanol–water partition coefficient (Wildman–Crippen LogP) is 0.574. The number of nitrogens with one attached hydrogen (secondary N) is 1. The molecule has 0 aliphatic heterocycles. The summed E-state index contributed by atoms with van der Waals surface area (Å²) < 4.78 is 26.2. The molecule has 0 atom stereocenters. The van der Waals surface area contributed by atoms with Gasteiger partial charge in [0, 0.05) is 6.92 Å². The lowest BCUT2D eigenvalue weighted by molar-refractivity contribution is -0.125. The smallest absolute Gasteiger partial charge is 0.273 e. The van der Waals surface area contributed by atoms with Gasteiger partial charge < -0.3 is 0 Å². The normalized spacial score (nSPS) is 11.2. The van der Waals surface area contributed by atoms with E-state index in [1.807, 2.05) is 6.92 Å². The zero-order chi connectivity index (χ0) is 10.3. The molecular formula is C7H15NO4S. The van der Waals surface area contributed by atoms with Crippen molar-refractivity contribution in [3.8, 4) is 0 Å². The summed E-state index contributed by atoms with van der Waals surface area (Å²) in [7, 11) is -3.58. The second-order valence-corrected chi connectivity index (χ2v) is 4.40.